The fraction of sp³-hybridized carbons (Fsp3) is 0.300. The maximum atomic E-state index is 12.0. The summed E-state index contributed by atoms with van der Waals surface area (Å²) in [4.78, 5) is 0. The van der Waals surface area contributed by atoms with E-state index in [1.165, 1.54) is 12.1 Å². The molecule has 0 aliphatic carbocycles. The van der Waals surface area contributed by atoms with Gasteiger partial charge in [-0.15, -0.1) is 0 Å². The first-order valence-electron chi connectivity index (χ1n) is 4.29. The van der Waals surface area contributed by atoms with Crippen LogP contribution in [-0.2, 0) is 0 Å². The molecule has 0 heterocycles. The lowest BCUT2D eigenvalue weighted by Crippen LogP contribution is -2.00. The monoisotopic (exact) mass is 235 g/mol. The first-order chi connectivity index (χ1) is 7.72. The highest BCUT2D eigenvalue weighted by atomic mass is 19.1. The molecule has 6 heteroatoms. The first kappa shape index (κ1) is 12.5. The van der Waals surface area contributed by atoms with E-state index in [0.29, 0.717) is 0 Å². The molecule has 1 rings (SSSR count). The smallest absolute Gasteiger partial charge is 0.228 e. The van der Waals surface area contributed by atoms with Gasteiger partial charge in [0.2, 0.25) is 20.6 Å². The van der Waals surface area contributed by atoms with Crippen molar-refractivity contribution in [3.05, 3.63) is 24.6 Å². The van der Waals surface area contributed by atoms with Gasteiger partial charge in [0.15, 0.2) is 11.5 Å². The van der Waals surface area contributed by atoms with E-state index in [9.17, 15) is 13.2 Å². The second-order valence-corrected chi connectivity index (χ2v) is 2.67. The predicted molar refractivity (Wildman–Crippen MR) is 50.7 cm³/mol. The second kappa shape index (κ2) is 6.09. The largest absolute Gasteiger partial charge is 0.462 e. The Kier molecular flexibility index (Phi) is 4.75. The van der Waals surface area contributed by atoms with Crippen LogP contribution in [0.3, 0.4) is 0 Å². The summed E-state index contributed by atoms with van der Waals surface area (Å²) in [5, 5.41) is 0. The molecule has 0 atom stereocenters. The second-order valence-electron chi connectivity index (χ2n) is 2.67. The molecule has 0 fully saturated rings. The zero-order chi connectivity index (χ0) is 12.0. The van der Waals surface area contributed by atoms with E-state index in [1.807, 2.05) is 0 Å². The number of rotatable bonds is 6. The van der Waals surface area contributed by atoms with Crippen molar-refractivity contribution in [2.45, 2.75) is 0 Å². The average Bonchev–Trinajstić information content (AvgIpc) is 2.25. The third-order valence-corrected chi connectivity index (χ3v) is 1.76. The van der Waals surface area contributed by atoms with Crippen LogP contribution in [0.2, 0.25) is 0 Å². The van der Waals surface area contributed by atoms with Crippen molar-refractivity contribution in [1.82, 2.24) is 0 Å². The van der Waals surface area contributed by atoms with Crippen LogP contribution in [0.25, 0.3) is 0 Å². The molecule has 0 saturated heterocycles. The number of hydrogen-bond donors (Lipinski definition) is 0. The fourth-order valence-electron chi connectivity index (χ4n) is 1.12. The van der Waals surface area contributed by atoms with E-state index in [2.05, 4.69) is 21.1 Å². The highest BCUT2D eigenvalue weighted by Crippen LogP contribution is 2.34. The van der Waals surface area contributed by atoms with Crippen molar-refractivity contribution in [2.75, 3.05) is 20.6 Å². The molecule has 0 aliphatic rings. The molecule has 0 N–H and O–H groups in total. The number of benzene rings is 1. The summed E-state index contributed by atoms with van der Waals surface area (Å²) in [6, 6.07) is 2.46. The lowest BCUT2D eigenvalue weighted by Gasteiger charge is -2.12. The number of alkyl halides is 3. The maximum Gasteiger partial charge on any atom is 0.228 e. The van der Waals surface area contributed by atoms with E-state index in [0.717, 1.165) is 0 Å². The van der Waals surface area contributed by atoms with Gasteiger partial charge in [0.25, 0.3) is 0 Å². The molecule has 1 aromatic rings. The fourth-order valence-corrected chi connectivity index (χ4v) is 1.12. The molecular formula is C10H10F3O3. The minimum Gasteiger partial charge on any atom is -0.462 e. The molecule has 89 valence electrons. The molecule has 0 aromatic heterocycles. The molecule has 0 unspecified atom stereocenters. The maximum absolute atomic E-state index is 12.0. The van der Waals surface area contributed by atoms with Gasteiger partial charge in [0.05, 0.1) is 0 Å². The topological polar surface area (TPSA) is 27.7 Å². The number of hydrogen-bond acceptors (Lipinski definition) is 3. The minimum atomic E-state index is -1.12. The van der Waals surface area contributed by atoms with Gasteiger partial charge in [-0.05, 0) is 18.6 Å². The SMILES string of the molecule is [CH2]c1cc(OCF)c(OCF)cc1OCF. The van der Waals surface area contributed by atoms with Crippen molar-refractivity contribution >= 4 is 0 Å². The van der Waals surface area contributed by atoms with E-state index >= 15 is 0 Å². The predicted octanol–water partition coefficient (Wildman–Crippen LogP) is 2.79. The van der Waals surface area contributed by atoms with Crippen LogP contribution in [-0.4, -0.2) is 20.6 Å². The summed E-state index contributed by atoms with van der Waals surface area (Å²) < 4.78 is 49.7. The van der Waals surface area contributed by atoms with E-state index in [4.69, 9.17) is 0 Å². The van der Waals surface area contributed by atoms with Crippen LogP contribution in [0.1, 0.15) is 5.56 Å². The number of halogens is 3. The Morgan fingerprint density at radius 2 is 1.25 bits per heavy atom. The molecule has 0 saturated carbocycles. The first-order valence-corrected chi connectivity index (χ1v) is 4.29. The van der Waals surface area contributed by atoms with E-state index in [1.54, 1.807) is 0 Å². The quantitative estimate of drug-likeness (QED) is 0.758. The van der Waals surface area contributed by atoms with Gasteiger partial charge in [0, 0.05) is 6.07 Å². The Balaban J connectivity index is 3.03. The van der Waals surface area contributed by atoms with Crippen LogP contribution in [0.15, 0.2) is 12.1 Å². The van der Waals surface area contributed by atoms with E-state index < -0.39 is 20.6 Å². The zero-order valence-corrected chi connectivity index (χ0v) is 8.34. The Morgan fingerprint density at radius 1 is 0.812 bits per heavy atom. The van der Waals surface area contributed by atoms with Crippen molar-refractivity contribution in [2.24, 2.45) is 0 Å². The molecule has 0 bridgehead atoms. The summed E-state index contributed by atoms with van der Waals surface area (Å²) in [5.41, 5.74) is 0.285. The van der Waals surface area contributed by atoms with Crippen molar-refractivity contribution < 1.29 is 27.4 Å². The summed E-state index contributed by atoms with van der Waals surface area (Å²) in [7, 11) is 0. The Hall–Kier alpha value is -1.59. The minimum absolute atomic E-state index is 0.0173. The normalized spacial score (nSPS) is 10.0. The van der Waals surface area contributed by atoms with Gasteiger partial charge in [-0.3, -0.25) is 0 Å². The molecule has 0 amide bonds. The van der Waals surface area contributed by atoms with Gasteiger partial charge >= 0.3 is 0 Å². The summed E-state index contributed by atoms with van der Waals surface area (Å²) in [5.74, 6) is -0.00971. The van der Waals surface area contributed by atoms with Crippen molar-refractivity contribution in [3.63, 3.8) is 0 Å². The van der Waals surface area contributed by atoms with Crippen molar-refractivity contribution in [3.8, 4) is 17.2 Å². The van der Waals surface area contributed by atoms with Gasteiger partial charge in [-0.1, -0.05) is 0 Å². The Bertz CT molecular complexity index is 344. The van der Waals surface area contributed by atoms with Crippen LogP contribution in [0.5, 0.6) is 17.2 Å². The average molecular weight is 235 g/mol. The highest BCUT2D eigenvalue weighted by Gasteiger charge is 2.11. The van der Waals surface area contributed by atoms with Gasteiger partial charge in [-0.25, -0.2) is 13.2 Å². The molecule has 3 nitrogen and oxygen atoms in total. The van der Waals surface area contributed by atoms with Crippen molar-refractivity contribution in [1.29, 1.82) is 0 Å². The summed E-state index contributed by atoms with van der Waals surface area (Å²) in [6.07, 6.45) is 0. The summed E-state index contributed by atoms with van der Waals surface area (Å²) in [6.45, 7) is 0.276. The molecule has 16 heavy (non-hydrogen) atoms. The lowest BCUT2D eigenvalue weighted by atomic mass is 10.2. The van der Waals surface area contributed by atoms with Crippen LogP contribution in [0, 0.1) is 6.92 Å². The van der Waals surface area contributed by atoms with Gasteiger partial charge < -0.3 is 14.2 Å². The Morgan fingerprint density at radius 3 is 1.75 bits per heavy atom. The third-order valence-electron chi connectivity index (χ3n) is 1.76. The molecule has 1 radical (unpaired) electrons. The zero-order valence-electron chi connectivity index (χ0n) is 8.34. The Labute approximate surface area is 90.7 Å². The molecule has 1 aromatic carbocycles. The molecule has 0 aliphatic heterocycles. The number of ether oxygens (including phenoxy) is 3. The van der Waals surface area contributed by atoms with Gasteiger partial charge in [-0.2, -0.15) is 0 Å². The van der Waals surface area contributed by atoms with Crippen LogP contribution in [0.4, 0.5) is 13.2 Å². The highest BCUT2D eigenvalue weighted by molar-refractivity contribution is 5.51. The van der Waals surface area contributed by atoms with Gasteiger partial charge in [0.1, 0.15) is 5.75 Å². The van der Waals surface area contributed by atoms with Crippen LogP contribution < -0.4 is 14.2 Å². The van der Waals surface area contributed by atoms with Crippen LogP contribution >= 0.6 is 0 Å². The lowest BCUT2D eigenvalue weighted by molar-refractivity contribution is 0.155. The third kappa shape index (κ3) is 2.95. The summed E-state index contributed by atoms with van der Waals surface area (Å²) >= 11 is 0. The van der Waals surface area contributed by atoms with E-state index in [-0.39, 0.29) is 22.8 Å². The molecular weight excluding hydrogens is 225 g/mol. The molecule has 0 spiro atoms. The standard InChI is InChI=1S/C10H10F3O3/c1-7-2-9(15-5-12)10(16-6-13)3-8(7)14-4-11/h2-3H,1,4-6H2.